The van der Waals surface area contributed by atoms with E-state index in [1.54, 1.807) is 0 Å². The number of Topliss-reactive ketones (excluding diaryl/α,β-unsaturated/α-hetero) is 2. The van der Waals surface area contributed by atoms with Gasteiger partial charge in [-0.05, 0) is 26.0 Å². The Morgan fingerprint density at radius 1 is 1.29 bits per heavy atom. The van der Waals surface area contributed by atoms with Gasteiger partial charge in [-0.25, -0.2) is 0 Å². The highest BCUT2D eigenvalue weighted by atomic mass is 32.3. The van der Waals surface area contributed by atoms with Gasteiger partial charge in [-0.1, -0.05) is 12.1 Å². The monoisotopic (exact) mass is 316 g/mol. The highest BCUT2D eigenvalue weighted by Crippen LogP contribution is 2.18. The molecule has 0 aliphatic rings. The molecule has 1 aromatic carbocycles. The molecular formula is C13H13FO6S. The SMILES string of the molecule is CCOC(=O)C(C(C)=O)C(=O)c1cccc(S(=O)(=O)F)c1. The van der Waals surface area contributed by atoms with E-state index < -0.39 is 38.6 Å². The first-order valence-corrected chi connectivity index (χ1v) is 7.32. The van der Waals surface area contributed by atoms with Crippen LogP contribution in [0.2, 0.25) is 0 Å². The van der Waals surface area contributed by atoms with Crippen LogP contribution in [0.4, 0.5) is 3.89 Å². The second kappa shape index (κ2) is 6.57. The minimum absolute atomic E-state index is 0.0191. The molecule has 0 N–H and O–H groups in total. The molecule has 114 valence electrons. The summed E-state index contributed by atoms with van der Waals surface area (Å²) >= 11 is 0. The first-order chi connectivity index (χ1) is 9.68. The van der Waals surface area contributed by atoms with Gasteiger partial charge < -0.3 is 4.74 Å². The van der Waals surface area contributed by atoms with Gasteiger partial charge in [0.2, 0.25) is 0 Å². The summed E-state index contributed by atoms with van der Waals surface area (Å²) in [5, 5.41) is 0. The summed E-state index contributed by atoms with van der Waals surface area (Å²) in [6, 6.07) is 4.06. The number of carbonyl (C=O) groups excluding carboxylic acids is 3. The molecule has 0 fully saturated rings. The van der Waals surface area contributed by atoms with E-state index in [4.69, 9.17) is 0 Å². The number of ether oxygens (including phenoxy) is 1. The summed E-state index contributed by atoms with van der Waals surface area (Å²) in [5.41, 5.74) is -0.262. The molecule has 0 aliphatic carbocycles. The van der Waals surface area contributed by atoms with Crippen LogP contribution in [-0.4, -0.2) is 32.6 Å². The zero-order valence-corrected chi connectivity index (χ0v) is 12.1. The molecule has 0 aliphatic heterocycles. The summed E-state index contributed by atoms with van der Waals surface area (Å²) in [6.45, 7) is 2.53. The van der Waals surface area contributed by atoms with E-state index in [2.05, 4.69) is 4.74 Å². The van der Waals surface area contributed by atoms with Crippen LogP contribution in [0.1, 0.15) is 24.2 Å². The van der Waals surface area contributed by atoms with Crippen molar-refractivity contribution in [2.45, 2.75) is 18.7 Å². The Bertz CT molecular complexity index is 680. The Morgan fingerprint density at radius 2 is 1.90 bits per heavy atom. The molecule has 0 aromatic heterocycles. The zero-order chi connectivity index (χ0) is 16.2. The van der Waals surface area contributed by atoms with Gasteiger partial charge in [0.15, 0.2) is 17.5 Å². The Balaban J connectivity index is 3.22. The van der Waals surface area contributed by atoms with Crippen LogP contribution in [-0.2, 0) is 24.5 Å². The minimum Gasteiger partial charge on any atom is -0.465 e. The fourth-order valence-electron chi connectivity index (χ4n) is 1.65. The number of hydrogen-bond acceptors (Lipinski definition) is 6. The van der Waals surface area contributed by atoms with Crippen LogP contribution >= 0.6 is 0 Å². The Morgan fingerprint density at radius 3 is 2.38 bits per heavy atom. The Labute approximate surface area is 121 Å². The number of carbonyl (C=O) groups is 3. The molecule has 0 heterocycles. The number of halogens is 1. The number of rotatable bonds is 6. The fraction of sp³-hybridized carbons (Fsp3) is 0.308. The van der Waals surface area contributed by atoms with Gasteiger partial charge in [-0.2, -0.15) is 8.42 Å². The minimum atomic E-state index is -4.99. The first-order valence-electron chi connectivity index (χ1n) is 5.94. The maximum atomic E-state index is 12.9. The molecule has 1 aromatic rings. The highest BCUT2D eigenvalue weighted by molar-refractivity contribution is 7.86. The normalized spacial score (nSPS) is 12.5. The van der Waals surface area contributed by atoms with Crippen molar-refractivity contribution in [1.82, 2.24) is 0 Å². The van der Waals surface area contributed by atoms with Crippen LogP contribution in [0.3, 0.4) is 0 Å². The van der Waals surface area contributed by atoms with Gasteiger partial charge in [0.1, 0.15) is 0 Å². The molecule has 6 nitrogen and oxygen atoms in total. The van der Waals surface area contributed by atoms with Crippen LogP contribution in [0.5, 0.6) is 0 Å². The Kier molecular flexibility index (Phi) is 5.31. The van der Waals surface area contributed by atoms with Crippen molar-refractivity contribution in [2.75, 3.05) is 6.61 Å². The molecule has 0 saturated heterocycles. The number of ketones is 2. The van der Waals surface area contributed by atoms with Crippen molar-refractivity contribution < 1.29 is 31.4 Å². The van der Waals surface area contributed by atoms with Gasteiger partial charge in [0, 0.05) is 5.56 Å². The third kappa shape index (κ3) is 4.19. The highest BCUT2D eigenvalue weighted by Gasteiger charge is 2.33. The lowest BCUT2D eigenvalue weighted by molar-refractivity contribution is -0.148. The molecule has 0 saturated carbocycles. The lowest BCUT2D eigenvalue weighted by Gasteiger charge is -2.11. The predicted octanol–water partition coefficient (Wildman–Crippen LogP) is 1.30. The van der Waals surface area contributed by atoms with E-state index in [9.17, 15) is 26.7 Å². The molecule has 1 atom stereocenters. The van der Waals surface area contributed by atoms with Gasteiger partial charge in [-0.15, -0.1) is 3.89 Å². The van der Waals surface area contributed by atoms with Crippen molar-refractivity contribution in [1.29, 1.82) is 0 Å². The van der Waals surface area contributed by atoms with Crippen molar-refractivity contribution in [3.63, 3.8) is 0 Å². The van der Waals surface area contributed by atoms with E-state index >= 15 is 0 Å². The number of esters is 1. The van der Waals surface area contributed by atoms with Crippen LogP contribution in [0, 0.1) is 5.92 Å². The molecular weight excluding hydrogens is 303 g/mol. The third-order valence-corrected chi connectivity index (χ3v) is 3.41. The van der Waals surface area contributed by atoms with Crippen LogP contribution in [0.15, 0.2) is 29.2 Å². The van der Waals surface area contributed by atoms with Gasteiger partial charge in [0.25, 0.3) is 0 Å². The second-order valence-electron chi connectivity index (χ2n) is 4.13. The van der Waals surface area contributed by atoms with Crippen molar-refractivity contribution in [3.05, 3.63) is 29.8 Å². The third-order valence-electron chi connectivity index (χ3n) is 2.59. The van der Waals surface area contributed by atoms with Gasteiger partial charge >= 0.3 is 16.2 Å². The quantitative estimate of drug-likeness (QED) is 0.340. The van der Waals surface area contributed by atoms with E-state index in [1.165, 1.54) is 13.0 Å². The van der Waals surface area contributed by atoms with E-state index in [0.29, 0.717) is 0 Å². The average Bonchev–Trinajstić information content (AvgIpc) is 2.37. The summed E-state index contributed by atoms with van der Waals surface area (Å²) in [4.78, 5) is 34.5. The van der Waals surface area contributed by atoms with Crippen molar-refractivity contribution >= 4 is 27.8 Å². The fourth-order valence-corrected chi connectivity index (χ4v) is 2.16. The smallest absolute Gasteiger partial charge is 0.332 e. The Hall–Kier alpha value is -2.09. The maximum absolute atomic E-state index is 12.9. The molecule has 0 radical (unpaired) electrons. The lowest BCUT2D eigenvalue weighted by atomic mass is 9.94. The molecule has 0 bridgehead atoms. The number of hydrogen-bond donors (Lipinski definition) is 0. The molecule has 0 spiro atoms. The van der Waals surface area contributed by atoms with Crippen LogP contribution < -0.4 is 0 Å². The topological polar surface area (TPSA) is 94.6 Å². The summed E-state index contributed by atoms with van der Waals surface area (Å²) < 4.78 is 39.2. The van der Waals surface area contributed by atoms with Gasteiger partial charge in [0.05, 0.1) is 11.5 Å². The standard InChI is InChI=1S/C13H13FO6S/c1-3-20-13(17)11(8(2)15)12(16)9-5-4-6-10(7-9)21(14,18)19/h4-7,11H,3H2,1-2H3. The molecule has 0 amide bonds. The summed E-state index contributed by atoms with van der Waals surface area (Å²) in [6.07, 6.45) is 0. The molecule has 1 unspecified atom stereocenters. The van der Waals surface area contributed by atoms with Crippen molar-refractivity contribution in [2.24, 2.45) is 5.92 Å². The zero-order valence-electron chi connectivity index (χ0n) is 11.3. The summed E-state index contributed by atoms with van der Waals surface area (Å²) in [5.74, 6) is -4.40. The average molecular weight is 316 g/mol. The molecule has 1 rings (SSSR count). The predicted molar refractivity (Wildman–Crippen MR) is 69.9 cm³/mol. The largest absolute Gasteiger partial charge is 0.465 e. The van der Waals surface area contributed by atoms with E-state index in [-0.39, 0.29) is 12.2 Å². The van der Waals surface area contributed by atoms with Crippen LogP contribution in [0.25, 0.3) is 0 Å². The molecule has 8 heteroatoms. The van der Waals surface area contributed by atoms with E-state index in [1.807, 2.05) is 0 Å². The molecule has 21 heavy (non-hydrogen) atoms. The number of benzene rings is 1. The van der Waals surface area contributed by atoms with E-state index in [0.717, 1.165) is 25.1 Å². The second-order valence-corrected chi connectivity index (χ2v) is 5.47. The summed E-state index contributed by atoms with van der Waals surface area (Å²) in [7, 11) is -4.99. The maximum Gasteiger partial charge on any atom is 0.332 e. The van der Waals surface area contributed by atoms with Crippen molar-refractivity contribution in [3.8, 4) is 0 Å². The van der Waals surface area contributed by atoms with Gasteiger partial charge in [-0.3, -0.25) is 14.4 Å². The lowest BCUT2D eigenvalue weighted by Crippen LogP contribution is -2.32. The first kappa shape index (κ1) is 17.0.